The molecule has 1 aromatic carbocycles. The second-order valence-electron chi connectivity index (χ2n) is 3.90. The summed E-state index contributed by atoms with van der Waals surface area (Å²) in [4.78, 5) is 22.0. The molecule has 1 N–H and O–H groups in total. The van der Waals surface area contributed by atoms with Crippen LogP contribution in [-0.2, 0) is 0 Å². The second kappa shape index (κ2) is 5.90. The second-order valence-corrected chi connectivity index (χ2v) is 3.90. The first-order valence-electron chi connectivity index (χ1n) is 5.54. The minimum atomic E-state index is -0.507. The summed E-state index contributed by atoms with van der Waals surface area (Å²) in [5.74, 6) is -0.453. The SMILES string of the molecule is CCC(C)=NNC(=O)c1ccc(C)c([N+](=O)[O-])c1. The van der Waals surface area contributed by atoms with E-state index >= 15 is 0 Å². The van der Waals surface area contributed by atoms with Gasteiger partial charge in [-0.15, -0.1) is 0 Å². The Bertz CT molecular complexity index is 509. The van der Waals surface area contributed by atoms with E-state index in [9.17, 15) is 14.9 Å². The standard InChI is InChI=1S/C12H15N3O3/c1-4-9(3)13-14-12(16)10-6-5-8(2)11(7-10)15(17)18/h5-7H,4H2,1-3H3,(H,14,16). The summed E-state index contributed by atoms with van der Waals surface area (Å²) in [5, 5.41) is 14.6. The Balaban J connectivity index is 2.94. The highest BCUT2D eigenvalue weighted by atomic mass is 16.6. The Morgan fingerprint density at radius 1 is 1.50 bits per heavy atom. The van der Waals surface area contributed by atoms with Crippen molar-refractivity contribution in [3.63, 3.8) is 0 Å². The van der Waals surface area contributed by atoms with Crippen LogP contribution in [0.2, 0.25) is 0 Å². The first-order valence-corrected chi connectivity index (χ1v) is 5.54. The number of carbonyl (C=O) groups is 1. The van der Waals surface area contributed by atoms with Crippen LogP contribution < -0.4 is 5.43 Å². The number of benzene rings is 1. The number of hydrogen-bond acceptors (Lipinski definition) is 4. The highest BCUT2D eigenvalue weighted by Gasteiger charge is 2.14. The molecular weight excluding hydrogens is 234 g/mol. The molecule has 18 heavy (non-hydrogen) atoms. The lowest BCUT2D eigenvalue weighted by molar-refractivity contribution is -0.385. The van der Waals surface area contributed by atoms with Gasteiger partial charge in [-0.05, 0) is 26.3 Å². The predicted molar refractivity (Wildman–Crippen MR) is 68.7 cm³/mol. The lowest BCUT2D eigenvalue weighted by atomic mass is 10.1. The molecule has 0 radical (unpaired) electrons. The fourth-order valence-electron chi connectivity index (χ4n) is 1.24. The molecule has 6 nitrogen and oxygen atoms in total. The van der Waals surface area contributed by atoms with Gasteiger partial charge in [0.2, 0.25) is 0 Å². The molecule has 0 aliphatic carbocycles. The summed E-state index contributed by atoms with van der Waals surface area (Å²) in [5.41, 5.74) is 3.81. The molecular formula is C12H15N3O3. The van der Waals surface area contributed by atoms with Gasteiger partial charge >= 0.3 is 0 Å². The van der Waals surface area contributed by atoms with Crippen molar-refractivity contribution in [1.29, 1.82) is 0 Å². The smallest absolute Gasteiger partial charge is 0.267 e. The number of hydrogen-bond donors (Lipinski definition) is 1. The van der Waals surface area contributed by atoms with Crippen molar-refractivity contribution in [3.05, 3.63) is 39.4 Å². The van der Waals surface area contributed by atoms with Gasteiger partial charge in [-0.1, -0.05) is 13.0 Å². The molecule has 1 aromatic rings. The van der Waals surface area contributed by atoms with Crippen LogP contribution >= 0.6 is 0 Å². The molecule has 6 heteroatoms. The highest BCUT2D eigenvalue weighted by Crippen LogP contribution is 2.19. The predicted octanol–water partition coefficient (Wildman–Crippen LogP) is 2.42. The lowest BCUT2D eigenvalue weighted by Crippen LogP contribution is -2.19. The molecule has 96 valence electrons. The van der Waals surface area contributed by atoms with Gasteiger partial charge in [0.15, 0.2) is 0 Å². The zero-order valence-corrected chi connectivity index (χ0v) is 10.6. The van der Waals surface area contributed by atoms with Gasteiger partial charge < -0.3 is 0 Å². The van der Waals surface area contributed by atoms with Gasteiger partial charge in [0.1, 0.15) is 0 Å². The van der Waals surface area contributed by atoms with E-state index in [1.165, 1.54) is 12.1 Å². The lowest BCUT2D eigenvalue weighted by Gasteiger charge is -2.03. The molecule has 0 fully saturated rings. The van der Waals surface area contributed by atoms with Crippen LogP contribution in [0.1, 0.15) is 36.2 Å². The molecule has 0 aromatic heterocycles. The zero-order valence-electron chi connectivity index (χ0n) is 10.6. The molecule has 0 unspecified atom stereocenters. The average Bonchev–Trinajstić information content (AvgIpc) is 2.35. The number of nitrogens with zero attached hydrogens (tertiary/aromatic N) is 2. The largest absolute Gasteiger partial charge is 0.273 e. The molecule has 1 amide bonds. The van der Waals surface area contributed by atoms with Gasteiger partial charge in [-0.25, -0.2) is 5.43 Å². The normalized spacial score (nSPS) is 11.2. The minimum Gasteiger partial charge on any atom is -0.267 e. The van der Waals surface area contributed by atoms with Gasteiger partial charge in [-0.3, -0.25) is 14.9 Å². The molecule has 0 heterocycles. The number of rotatable bonds is 4. The van der Waals surface area contributed by atoms with Crippen molar-refractivity contribution in [2.75, 3.05) is 0 Å². The first kappa shape index (κ1) is 13.8. The number of hydrazone groups is 1. The van der Waals surface area contributed by atoms with Crippen molar-refractivity contribution in [1.82, 2.24) is 5.43 Å². The number of nitro benzene ring substituents is 1. The summed E-state index contributed by atoms with van der Waals surface area (Å²) < 4.78 is 0. The third-order valence-electron chi connectivity index (χ3n) is 2.53. The van der Waals surface area contributed by atoms with Gasteiger partial charge in [0.25, 0.3) is 11.6 Å². The van der Waals surface area contributed by atoms with E-state index in [0.717, 1.165) is 12.1 Å². The van der Waals surface area contributed by atoms with E-state index in [-0.39, 0.29) is 11.3 Å². The molecule has 0 saturated carbocycles. The van der Waals surface area contributed by atoms with Crippen molar-refractivity contribution < 1.29 is 9.72 Å². The summed E-state index contributed by atoms with van der Waals surface area (Å²) in [6.45, 7) is 5.33. The third-order valence-corrected chi connectivity index (χ3v) is 2.53. The maximum Gasteiger partial charge on any atom is 0.273 e. The van der Waals surface area contributed by atoms with Crippen LogP contribution in [0.25, 0.3) is 0 Å². The topological polar surface area (TPSA) is 84.6 Å². The number of aryl methyl sites for hydroxylation is 1. The molecule has 1 rings (SSSR count). The summed E-state index contributed by atoms with van der Waals surface area (Å²) in [6.07, 6.45) is 0.730. The molecule has 0 bridgehead atoms. The Labute approximate surface area is 105 Å². The minimum absolute atomic E-state index is 0.0705. The van der Waals surface area contributed by atoms with Crippen LogP contribution in [0.4, 0.5) is 5.69 Å². The van der Waals surface area contributed by atoms with E-state index in [4.69, 9.17) is 0 Å². The molecule has 0 aliphatic rings. The Hall–Kier alpha value is -2.24. The van der Waals surface area contributed by atoms with Gasteiger partial charge in [0, 0.05) is 22.9 Å². The average molecular weight is 249 g/mol. The van der Waals surface area contributed by atoms with Crippen molar-refractivity contribution >= 4 is 17.3 Å². The van der Waals surface area contributed by atoms with E-state index in [1.807, 2.05) is 6.92 Å². The van der Waals surface area contributed by atoms with Crippen LogP contribution in [-0.4, -0.2) is 16.5 Å². The van der Waals surface area contributed by atoms with Crippen LogP contribution in [0.15, 0.2) is 23.3 Å². The zero-order chi connectivity index (χ0) is 13.7. The monoisotopic (exact) mass is 249 g/mol. The molecule has 0 spiro atoms. The Kier molecular flexibility index (Phi) is 4.53. The van der Waals surface area contributed by atoms with Gasteiger partial charge in [-0.2, -0.15) is 5.10 Å². The number of amides is 1. The summed E-state index contributed by atoms with van der Waals surface area (Å²) in [6, 6.07) is 4.33. The fourth-order valence-corrected chi connectivity index (χ4v) is 1.24. The van der Waals surface area contributed by atoms with Crippen LogP contribution in [0.5, 0.6) is 0 Å². The third kappa shape index (κ3) is 3.38. The summed E-state index contributed by atoms with van der Waals surface area (Å²) >= 11 is 0. The number of nitrogens with one attached hydrogen (secondary N) is 1. The molecule has 0 atom stereocenters. The van der Waals surface area contributed by atoms with E-state index in [2.05, 4.69) is 10.5 Å². The van der Waals surface area contributed by atoms with E-state index in [0.29, 0.717) is 5.56 Å². The fraction of sp³-hybridized carbons (Fsp3) is 0.333. The highest BCUT2D eigenvalue weighted by molar-refractivity contribution is 5.95. The maximum atomic E-state index is 11.7. The van der Waals surface area contributed by atoms with Crippen molar-refractivity contribution in [2.45, 2.75) is 27.2 Å². The van der Waals surface area contributed by atoms with Crippen LogP contribution in [0, 0.1) is 17.0 Å². The van der Waals surface area contributed by atoms with Crippen molar-refractivity contribution in [3.8, 4) is 0 Å². The quantitative estimate of drug-likeness (QED) is 0.505. The molecule has 0 saturated heterocycles. The first-order chi connectivity index (χ1) is 8.45. The van der Waals surface area contributed by atoms with Gasteiger partial charge in [0.05, 0.1) is 4.92 Å². The van der Waals surface area contributed by atoms with E-state index in [1.54, 1.807) is 19.9 Å². The van der Waals surface area contributed by atoms with E-state index < -0.39 is 10.8 Å². The molecule has 0 aliphatic heterocycles. The summed E-state index contributed by atoms with van der Waals surface area (Å²) in [7, 11) is 0. The van der Waals surface area contributed by atoms with Crippen LogP contribution in [0.3, 0.4) is 0 Å². The Morgan fingerprint density at radius 2 is 2.17 bits per heavy atom. The Morgan fingerprint density at radius 3 is 2.72 bits per heavy atom. The van der Waals surface area contributed by atoms with Crippen molar-refractivity contribution in [2.24, 2.45) is 5.10 Å². The maximum absolute atomic E-state index is 11.7. The number of nitro groups is 1. The number of carbonyl (C=O) groups excluding carboxylic acids is 1.